The molecule has 76 valence electrons. The minimum absolute atomic E-state index is 0.312. The third-order valence-corrected chi connectivity index (χ3v) is 2.54. The fraction of sp³-hybridized carbons (Fsp3) is 0.500. The zero-order chi connectivity index (χ0) is 9.97. The first-order valence-electron chi connectivity index (χ1n) is 4.90. The van der Waals surface area contributed by atoms with E-state index in [0.29, 0.717) is 6.54 Å². The summed E-state index contributed by atoms with van der Waals surface area (Å²) in [5.41, 5.74) is 6.35. The molecule has 1 aromatic rings. The quantitative estimate of drug-likeness (QED) is 0.773. The van der Waals surface area contributed by atoms with Crippen LogP contribution in [0, 0.1) is 5.82 Å². The monoisotopic (exact) mass is 195 g/mol. The topological polar surface area (TPSA) is 42.1 Å². The molecule has 1 aliphatic heterocycles. The van der Waals surface area contributed by atoms with Gasteiger partial charge >= 0.3 is 0 Å². The van der Waals surface area contributed by atoms with E-state index in [1.165, 1.54) is 25.1 Å². The van der Waals surface area contributed by atoms with Gasteiger partial charge in [-0.25, -0.2) is 9.37 Å². The molecule has 0 saturated carbocycles. The lowest BCUT2D eigenvalue weighted by Crippen LogP contribution is -2.21. The Bertz CT molecular complexity index is 321. The molecule has 1 aromatic heterocycles. The van der Waals surface area contributed by atoms with E-state index in [-0.39, 0.29) is 5.82 Å². The highest BCUT2D eigenvalue weighted by molar-refractivity contribution is 5.47. The molecule has 3 nitrogen and oxygen atoms in total. The summed E-state index contributed by atoms with van der Waals surface area (Å²) < 4.78 is 12.9. The van der Waals surface area contributed by atoms with Crippen molar-refractivity contribution in [2.75, 3.05) is 18.0 Å². The van der Waals surface area contributed by atoms with E-state index < -0.39 is 0 Å². The first kappa shape index (κ1) is 9.40. The highest BCUT2D eigenvalue weighted by Gasteiger charge is 2.16. The average molecular weight is 195 g/mol. The summed E-state index contributed by atoms with van der Waals surface area (Å²) in [5.74, 6) is 0.541. The van der Waals surface area contributed by atoms with Crippen molar-refractivity contribution in [3.8, 4) is 0 Å². The number of hydrogen-bond acceptors (Lipinski definition) is 3. The SMILES string of the molecule is NCc1cc(F)cnc1N1CCCC1. The largest absolute Gasteiger partial charge is 0.356 e. The number of rotatable bonds is 2. The summed E-state index contributed by atoms with van der Waals surface area (Å²) in [6.45, 7) is 2.36. The van der Waals surface area contributed by atoms with E-state index in [1.54, 1.807) is 0 Å². The van der Waals surface area contributed by atoms with Gasteiger partial charge in [-0.2, -0.15) is 0 Å². The predicted octanol–water partition coefficient (Wildman–Crippen LogP) is 1.28. The van der Waals surface area contributed by atoms with Crippen LogP contribution in [0.3, 0.4) is 0 Å². The number of nitrogens with zero attached hydrogens (tertiary/aromatic N) is 2. The van der Waals surface area contributed by atoms with Crippen molar-refractivity contribution in [3.05, 3.63) is 23.6 Å². The summed E-state index contributed by atoms with van der Waals surface area (Å²) in [7, 11) is 0. The minimum Gasteiger partial charge on any atom is -0.356 e. The third kappa shape index (κ3) is 1.70. The number of pyridine rings is 1. The lowest BCUT2D eigenvalue weighted by molar-refractivity contribution is 0.617. The van der Waals surface area contributed by atoms with Gasteiger partial charge in [-0.3, -0.25) is 0 Å². The summed E-state index contributed by atoms with van der Waals surface area (Å²) in [6, 6.07) is 1.47. The maximum Gasteiger partial charge on any atom is 0.141 e. The molecule has 0 amide bonds. The van der Waals surface area contributed by atoms with Crippen LogP contribution in [0.1, 0.15) is 18.4 Å². The molecular formula is C10H14FN3. The van der Waals surface area contributed by atoms with Crippen molar-refractivity contribution in [2.45, 2.75) is 19.4 Å². The van der Waals surface area contributed by atoms with Gasteiger partial charge in [-0.05, 0) is 18.9 Å². The number of halogens is 1. The number of hydrogen-bond donors (Lipinski definition) is 1. The van der Waals surface area contributed by atoms with E-state index >= 15 is 0 Å². The molecule has 0 radical (unpaired) electrons. The van der Waals surface area contributed by atoms with Gasteiger partial charge in [0, 0.05) is 25.2 Å². The van der Waals surface area contributed by atoms with Gasteiger partial charge in [-0.1, -0.05) is 0 Å². The van der Waals surface area contributed by atoms with Gasteiger partial charge < -0.3 is 10.6 Å². The van der Waals surface area contributed by atoms with Crippen molar-refractivity contribution in [2.24, 2.45) is 5.73 Å². The highest BCUT2D eigenvalue weighted by atomic mass is 19.1. The van der Waals surface area contributed by atoms with Crippen LogP contribution in [0.15, 0.2) is 12.3 Å². The standard InChI is InChI=1S/C10H14FN3/c11-9-5-8(6-12)10(13-7-9)14-3-1-2-4-14/h5,7H,1-4,6,12H2. The minimum atomic E-state index is -0.312. The van der Waals surface area contributed by atoms with Gasteiger partial charge in [0.2, 0.25) is 0 Å². The summed E-state index contributed by atoms with van der Waals surface area (Å²) in [5, 5.41) is 0. The molecule has 2 rings (SSSR count). The van der Waals surface area contributed by atoms with Crippen molar-refractivity contribution in [1.82, 2.24) is 4.98 Å². The summed E-state index contributed by atoms with van der Waals surface area (Å²) >= 11 is 0. The van der Waals surface area contributed by atoms with Gasteiger partial charge in [0.25, 0.3) is 0 Å². The molecule has 0 aromatic carbocycles. The molecule has 0 aliphatic carbocycles. The molecule has 1 aliphatic rings. The Labute approximate surface area is 82.7 Å². The zero-order valence-corrected chi connectivity index (χ0v) is 8.04. The maximum atomic E-state index is 12.9. The average Bonchev–Trinajstić information content (AvgIpc) is 2.70. The molecule has 14 heavy (non-hydrogen) atoms. The van der Waals surface area contributed by atoms with Crippen molar-refractivity contribution in [3.63, 3.8) is 0 Å². The van der Waals surface area contributed by atoms with Crippen LogP contribution in [0.25, 0.3) is 0 Å². The number of nitrogens with two attached hydrogens (primary N) is 1. The van der Waals surface area contributed by atoms with Crippen LogP contribution in [0.2, 0.25) is 0 Å². The molecule has 0 unspecified atom stereocenters. The molecule has 2 N–H and O–H groups in total. The first-order valence-corrected chi connectivity index (χ1v) is 4.90. The van der Waals surface area contributed by atoms with E-state index in [1.807, 2.05) is 0 Å². The van der Waals surface area contributed by atoms with E-state index in [0.717, 1.165) is 24.5 Å². The van der Waals surface area contributed by atoms with Gasteiger partial charge in [0.15, 0.2) is 0 Å². The van der Waals surface area contributed by atoms with E-state index in [9.17, 15) is 4.39 Å². The Kier molecular flexibility index (Phi) is 2.63. The fourth-order valence-electron chi connectivity index (χ4n) is 1.84. The van der Waals surface area contributed by atoms with Crippen molar-refractivity contribution < 1.29 is 4.39 Å². The second-order valence-corrected chi connectivity index (χ2v) is 3.53. The second kappa shape index (κ2) is 3.92. The Balaban J connectivity index is 2.31. The van der Waals surface area contributed by atoms with Crippen LogP contribution in [0.4, 0.5) is 10.2 Å². The lowest BCUT2D eigenvalue weighted by atomic mass is 10.2. The van der Waals surface area contributed by atoms with Gasteiger partial charge in [-0.15, -0.1) is 0 Å². The third-order valence-electron chi connectivity index (χ3n) is 2.54. The van der Waals surface area contributed by atoms with Gasteiger partial charge in [0.05, 0.1) is 6.20 Å². The Hall–Kier alpha value is -1.16. The molecule has 0 atom stereocenters. The Morgan fingerprint density at radius 2 is 2.14 bits per heavy atom. The molecular weight excluding hydrogens is 181 g/mol. The highest BCUT2D eigenvalue weighted by Crippen LogP contribution is 2.22. The molecule has 4 heteroatoms. The number of aromatic nitrogens is 1. The molecule has 1 saturated heterocycles. The van der Waals surface area contributed by atoms with Crippen molar-refractivity contribution in [1.29, 1.82) is 0 Å². The van der Waals surface area contributed by atoms with E-state index in [2.05, 4.69) is 9.88 Å². The molecule has 2 heterocycles. The fourth-order valence-corrected chi connectivity index (χ4v) is 1.84. The molecule has 1 fully saturated rings. The zero-order valence-electron chi connectivity index (χ0n) is 8.04. The van der Waals surface area contributed by atoms with Crippen molar-refractivity contribution >= 4 is 5.82 Å². The summed E-state index contributed by atoms with van der Waals surface area (Å²) in [6.07, 6.45) is 3.62. The van der Waals surface area contributed by atoms with Crippen LogP contribution >= 0.6 is 0 Å². The normalized spacial score (nSPS) is 16.3. The second-order valence-electron chi connectivity index (χ2n) is 3.53. The molecule has 0 bridgehead atoms. The maximum absolute atomic E-state index is 12.9. The first-order chi connectivity index (χ1) is 6.81. The van der Waals surface area contributed by atoms with Crippen LogP contribution < -0.4 is 10.6 Å². The van der Waals surface area contributed by atoms with Crippen LogP contribution in [-0.2, 0) is 6.54 Å². The number of anilines is 1. The molecule has 0 spiro atoms. The van der Waals surface area contributed by atoms with E-state index in [4.69, 9.17) is 5.73 Å². The predicted molar refractivity (Wildman–Crippen MR) is 53.5 cm³/mol. The van der Waals surface area contributed by atoms with Crippen LogP contribution in [0.5, 0.6) is 0 Å². The summed E-state index contributed by atoms with van der Waals surface area (Å²) in [4.78, 5) is 6.27. The Morgan fingerprint density at radius 3 is 2.79 bits per heavy atom. The van der Waals surface area contributed by atoms with Gasteiger partial charge in [0.1, 0.15) is 11.6 Å². The smallest absolute Gasteiger partial charge is 0.141 e. The Morgan fingerprint density at radius 1 is 1.43 bits per heavy atom. The van der Waals surface area contributed by atoms with Crippen LogP contribution in [-0.4, -0.2) is 18.1 Å². The lowest BCUT2D eigenvalue weighted by Gasteiger charge is -2.19.